The van der Waals surface area contributed by atoms with Crippen LogP contribution in [0.3, 0.4) is 0 Å². The van der Waals surface area contributed by atoms with E-state index in [1.165, 1.54) is 6.42 Å². The Kier molecular flexibility index (Phi) is 7.23. The predicted octanol–water partition coefficient (Wildman–Crippen LogP) is 4.82. The number of rotatable bonds is 6. The lowest BCUT2D eigenvalue weighted by molar-refractivity contribution is -0.132. The van der Waals surface area contributed by atoms with Gasteiger partial charge in [-0.1, -0.05) is 73.9 Å². The van der Waals surface area contributed by atoms with E-state index in [0.29, 0.717) is 0 Å². The number of carbonyl (C=O) groups excluding carboxylic acids is 2. The van der Waals surface area contributed by atoms with Crippen LogP contribution in [0.5, 0.6) is 0 Å². The summed E-state index contributed by atoms with van der Waals surface area (Å²) in [7, 11) is 1.73. The maximum atomic E-state index is 13.3. The van der Waals surface area contributed by atoms with E-state index >= 15 is 0 Å². The summed E-state index contributed by atoms with van der Waals surface area (Å²) in [4.78, 5) is 28.0. The van der Waals surface area contributed by atoms with Crippen molar-refractivity contribution in [3.63, 3.8) is 0 Å². The van der Waals surface area contributed by atoms with E-state index in [-0.39, 0.29) is 17.9 Å². The minimum Gasteiger partial charge on any atom is -0.352 e. The van der Waals surface area contributed by atoms with Crippen molar-refractivity contribution >= 4 is 23.1 Å². The van der Waals surface area contributed by atoms with Crippen molar-refractivity contribution in [1.29, 1.82) is 0 Å². The third-order valence-electron chi connectivity index (χ3n) is 5.62. The summed E-state index contributed by atoms with van der Waals surface area (Å²) in [5.74, 6) is -1.29. The molecule has 0 aliphatic heterocycles. The summed E-state index contributed by atoms with van der Waals surface area (Å²) in [6.45, 7) is 1.95. The number of anilines is 1. The third kappa shape index (κ3) is 5.57. The second-order valence-corrected chi connectivity index (χ2v) is 7.77. The van der Waals surface area contributed by atoms with Gasteiger partial charge < -0.3 is 10.2 Å². The highest BCUT2D eigenvalue weighted by Gasteiger charge is 2.30. The van der Waals surface area contributed by atoms with Crippen LogP contribution in [-0.2, 0) is 9.59 Å². The predicted molar refractivity (Wildman–Crippen MR) is 118 cm³/mol. The van der Waals surface area contributed by atoms with Gasteiger partial charge in [-0.3, -0.25) is 9.59 Å². The molecule has 4 nitrogen and oxygen atoms in total. The molecule has 0 heterocycles. The van der Waals surface area contributed by atoms with Gasteiger partial charge >= 0.3 is 0 Å². The summed E-state index contributed by atoms with van der Waals surface area (Å²) in [6.07, 6.45) is 7.26. The molecule has 0 bridgehead atoms. The highest BCUT2D eigenvalue weighted by molar-refractivity contribution is 6.09. The van der Waals surface area contributed by atoms with Gasteiger partial charge in [0.1, 0.15) is 5.92 Å². The molecule has 1 unspecified atom stereocenters. The first-order valence-electron chi connectivity index (χ1n) is 10.4. The molecular weight excluding hydrogens is 360 g/mol. The normalized spacial score (nSPS) is 16.1. The molecule has 2 amide bonds. The zero-order chi connectivity index (χ0) is 20.6. The standard InChI is InChI=1S/C25H30N2O2/c1-19(20-12-6-3-7-13-20)18-23(24(28)26-21-14-8-4-9-15-21)25(29)27(2)22-16-10-5-11-17-22/h3,5-7,10-13,16-18,21,23H,4,8-9,14-15H2,1-2H3,(H,26,28)/b19-18+. The molecule has 3 rings (SSSR count). The van der Waals surface area contributed by atoms with Crippen LogP contribution in [0, 0.1) is 5.92 Å². The van der Waals surface area contributed by atoms with Crippen molar-refractivity contribution in [3.8, 4) is 0 Å². The van der Waals surface area contributed by atoms with Crippen LogP contribution >= 0.6 is 0 Å². The minimum atomic E-state index is -0.859. The molecule has 2 aromatic rings. The van der Waals surface area contributed by atoms with Crippen LogP contribution in [0.1, 0.15) is 44.6 Å². The molecule has 0 spiro atoms. The maximum Gasteiger partial charge on any atom is 0.243 e. The number of allylic oxidation sites excluding steroid dienone is 1. The lowest BCUT2D eigenvalue weighted by Gasteiger charge is -2.26. The van der Waals surface area contributed by atoms with E-state index in [2.05, 4.69) is 5.32 Å². The van der Waals surface area contributed by atoms with E-state index in [1.807, 2.05) is 67.6 Å². The molecule has 1 atom stereocenters. The fourth-order valence-corrected chi connectivity index (χ4v) is 3.83. The Morgan fingerprint density at radius 2 is 1.55 bits per heavy atom. The van der Waals surface area contributed by atoms with Gasteiger partial charge in [0.2, 0.25) is 11.8 Å². The molecule has 2 aromatic carbocycles. The topological polar surface area (TPSA) is 49.4 Å². The van der Waals surface area contributed by atoms with Gasteiger partial charge in [0.15, 0.2) is 0 Å². The number of benzene rings is 2. The van der Waals surface area contributed by atoms with Crippen molar-refractivity contribution in [2.45, 2.75) is 45.1 Å². The summed E-state index contributed by atoms with van der Waals surface area (Å²) < 4.78 is 0. The van der Waals surface area contributed by atoms with E-state index < -0.39 is 5.92 Å². The zero-order valence-electron chi connectivity index (χ0n) is 17.3. The van der Waals surface area contributed by atoms with Crippen LogP contribution in [0.4, 0.5) is 5.69 Å². The van der Waals surface area contributed by atoms with Crippen molar-refractivity contribution in [3.05, 3.63) is 72.3 Å². The average molecular weight is 391 g/mol. The average Bonchev–Trinajstić information content (AvgIpc) is 2.78. The Morgan fingerprint density at radius 1 is 0.966 bits per heavy atom. The lowest BCUT2D eigenvalue weighted by atomic mass is 9.94. The van der Waals surface area contributed by atoms with Crippen molar-refractivity contribution in [2.75, 3.05) is 11.9 Å². The van der Waals surface area contributed by atoms with Crippen LogP contribution < -0.4 is 10.2 Å². The number of carbonyl (C=O) groups is 2. The molecular formula is C25H30N2O2. The van der Waals surface area contributed by atoms with E-state index in [0.717, 1.165) is 42.5 Å². The minimum absolute atomic E-state index is 0.166. The number of nitrogens with one attached hydrogen (secondary N) is 1. The summed E-state index contributed by atoms with van der Waals surface area (Å²) in [5, 5.41) is 3.13. The van der Waals surface area contributed by atoms with Gasteiger partial charge in [-0.2, -0.15) is 0 Å². The van der Waals surface area contributed by atoms with Crippen molar-refractivity contribution in [2.24, 2.45) is 5.92 Å². The van der Waals surface area contributed by atoms with Crippen LogP contribution in [0.2, 0.25) is 0 Å². The fourth-order valence-electron chi connectivity index (χ4n) is 3.83. The van der Waals surface area contributed by atoms with Crippen molar-refractivity contribution in [1.82, 2.24) is 5.32 Å². The first-order chi connectivity index (χ1) is 14.1. The van der Waals surface area contributed by atoms with E-state index in [4.69, 9.17) is 0 Å². The highest BCUT2D eigenvalue weighted by atomic mass is 16.2. The monoisotopic (exact) mass is 390 g/mol. The van der Waals surface area contributed by atoms with Gasteiger partial charge in [-0.15, -0.1) is 0 Å². The molecule has 0 radical (unpaired) electrons. The Bertz CT molecular complexity index is 840. The number of hydrogen-bond donors (Lipinski definition) is 1. The molecule has 0 saturated heterocycles. The smallest absolute Gasteiger partial charge is 0.243 e. The molecule has 1 N–H and O–H groups in total. The van der Waals surface area contributed by atoms with Gasteiger partial charge in [-0.25, -0.2) is 0 Å². The van der Waals surface area contributed by atoms with E-state index in [9.17, 15) is 9.59 Å². The van der Waals surface area contributed by atoms with Gasteiger partial charge in [-0.05, 0) is 43.0 Å². The molecule has 4 heteroatoms. The Hall–Kier alpha value is -2.88. The zero-order valence-corrected chi connectivity index (χ0v) is 17.3. The molecule has 29 heavy (non-hydrogen) atoms. The van der Waals surface area contributed by atoms with Crippen LogP contribution in [0.15, 0.2) is 66.7 Å². The summed E-state index contributed by atoms with van der Waals surface area (Å²) in [5.41, 5.74) is 2.71. The number of para-hydroxylation sites is 1. The van der Waals surface area contributed by atoms with E-state index in [1.54, 1.807) is 18.0 Å². The number of hydrogen-bond acceptors (Lipinski definition) is 2. The first-order valence-corrected chi connectivity index (χ1v) is 10.4. The van der Waals surface area contributed by atoms with Crippen LogP contribution in [-0.4, -0.2) is 24.9 Å². The number of amides is 2. The van der Waals surface area contributed by atoms with Gasteiger partial charge in [0, 0.05) is 18.8 Å². The largest absolute Gasteiger partial charge is 0.352 e. The highest BCUT2D eigenvalue weighted by Crippen LogP contribution is 2.22. The summed E-state index contributed by atoms with van der Waals surface area (Å²) in [6, 6.07) is 19.5. The van der Waals surface area contributed by atoms with Crippen molar-refractivity contribution < 1.29 is 9.59 Å². The van der Waals surface area contributed by atoms with Crippen LogP contribution in [0.25, 0.3) is 5.57 Å². The lowest BCUT2D eigenvalue weighted by Crippen LogP contribution is -2.45. The second-order valence-electron chi connectivity index (χ2n) is 7.77. The quantitative estimate of drug-likeness (QED) is 0.719. The Labute approximate surface area is 173 Å². The molecule has 1 saturated carbocycles. The second kappa shape index (κ2) is 10.1. The number of nitrogens with zero attached hydrogens (tertiary/aromatic N) is 1. The first kappa shape index (κ1) is 20.8. The fraction of sp³-hybridized carbons (Fsp3) is 0.360. The molecule has 1 aliphatic carbocycles. The SMILES string of the molecule is C/C(=C\C(C(=O)NC1CCCCC1)C(=O)N(C)c1ccccc1)c1ccccc1. The maximum absolute atomic E-state index is 13.3. The summed E-state index contributed by atoms with van der Waals surface area (Å²) >= 11 is 0. The molecule has 0 aromatic heterocycles. The Balaban J connectivity index is 1.85. The molecule has 1 fully saturated rings. The molecule has 1 aliphatic rings. The van der Waals surface area contributed by atoms with Gasteiger partial charge in [0.25, 0.3) is 0 Å². The molecule has 152 valence electrons. The van der Waals surface area contributed by atoms with Gasteiger partial charge in [0.05, 0.1) is 0 Å². The third-order valence-corrected chi connectivity index (χ3v) is 5.62. The Morgan fingerprint density at radius 3 is 2.17 bits per heavy atom.